The standard InChI is InChI=1S/C13H19N3O/c1-10-4-5-12(14-8-10)16-7-6-11(9-16)13(17)15(2)3/h4-5,8,11H,6-7,9H2,1-3H3. The molecule has 0 spiro atoms. The van der Waals surface area contributed by atoms with Gasteiger partial charge in [-0.15, -0.1) is 0 Å². The average molecular weight is 233 g/mol. The van der Waals surface area contributed by atoms with Gasteiger partial charge in [0.25, 0.3) is 0 Å². The zero-order valence-corrected chi connectivity index (χ0v) is 10.7. The molecule has 0 aliphatic carbocycles. The SMILES string of the molecule is Cc1ccc(N2CCC(C(=O)N(C)C)C2)nc1. The monoisotopic (exact) mass is 233 g/mol. The predicted octanol–water partition coefficient (Wildman–Crippen LogP) is 1.30. The van der Waals surface area contributed by atoms with Crippen molar-refractivity contribution in [2.24, 2.45) is 5.92 Å². The quantitative estimate of drug-likeness (QED) is 0.772. The van der Waals surface area contributed by atoms with Gasteiger partial charge in [-0.3, -0.25) is 4.79 Å². The van der Waals surface area contributed by atoms with E-state index in [1.165, 1.54) is 0 Å². The summed E-state index contributed by atoms with van der Waals surface area (Å²) >= 11 is 0. The van der Waals surface area contributed by atoms with E-state index in [2.05, 4.69) is 16.0 Å². The highest BCUT2D eigenvalue weighted by molar-refractivity contribution is 5.79. The molecule has 1 aromatic heterocycles. The van der Waals surface area contributed by atoms with Crippen molar-refractivity contribution in [1.82, 2.24) is 9.88 Å². The molecule has 0 aromatic carbocycles. The van der Waals surface area contributed by atoms with Gasteiger partial charge >= 0.3 is 0 Å². The van der Waals surface area contributed by atoms with Crippen LogP contribution in [0.3, 0.4) is 0 Å². The Morgan fingerprint density at radius 2 is 2.24 bits per heavy atom. The van der Waals surface area contributed by atoms with Crippen molar-refractivity contribution < 1.29 is 4.79 Å². The van der Waals surface area contributed by atoms with Gasteiger partial charge in [-0.2, -0.15) is 0 Å². The highest BCUT2D eigenvalue weighted by Gasteiger charge is 2.29. The van der Waals surface area contributed by atoms with E-state index in [-0.39, 0.29) is 11.8 Å². The molecule has 1 saturated heterocycles. The fraction of sp³-hybridized carbons (Fsp3) is 0.538. The van der Waals surface area contributed by atoms with Gasteiger partial charge in [-0.05, 0) is 25.0 Å². The predicted molar refractivity (Wildman–Crippen MR) is 68.0 cm³/mol. The minimum atomic E-state index is 0.119. The normalized spacial score (nSPS) is 19.5. The Labute approximate surface area is 102 Å². The molecule has 0 bridgehead atoms. The summed E-state index contributed by atoms with van der Waals surface area (Å²) in [7, 11) is 3.63. The minimum absolute atomic E-state index is 0.119. The lowest BCUT2D eigenvalue weighted by atomic mass is 10.1. The molecule has 1 aliphatic rings. The van der Waals surface area contributed by atoms with Gasteiger partial charge < -0.3 is 9.80 Å². The molecule has 4 nitrogen and oxygen atoms in total. The summed E-state index contributed by atoms with van der Waals surface area (Å²) in [6.45, 7) is 3.73. The van der Waals surface area contributed by atoms with Crippen LogP contribution in [-0.4, -0.2) is 43.0 Å². The molecule has 0 N–H and O–H groups in total. The summed E-state index contributed by atoms with van der Waals surface area (Å²) in [4.78, 5) is 20.1. The summed E-state index contributed by atoms with van der Waals surface area (Å²) in [5.41, 5.74) is 1.16. The Kier molecular flexibility index (Phi) is 3.31. The zero-order chi connectivity index (χ0) is 12.4. The minimum Gasteiger partial charge on any atom is -0.356 e. The molecule has 1 aliphatic heterocycles. The van der Waals surface area contributed by atoms with Crippen LogP contribution in [0.4, 0.5) is 5.82 Å². The first-order valence-corrected chi connectivity index (χ1v) is 5.96. The third kappa shape index (κ3) is 2.57. The van der Waals surface area contributed by atoms with Gasteiger partial charge in [0.15, 0.2) is 0 Å². The maximum absolute atomic E-state index is 11.9. The second-order valence-corrected chi connectivity index (χ2v) is 4.86. The summed E-state index contributed by atoms with van der Waals surface area (Å²) in [5, 5.41) is 0. The van der Waals surface area contributed by atoms with Crippen molar-refractivity contribution in [2.45, 2.75) is 13.3 Å². The molecule has 1 amide bonds. The van der Waals surface area contributed by atoms with E-state index < -0.39 is 0 Å². The maximum Gasteiger partial charge on any atom is 0.227 e. The van der Waals surface area contributed by atoms with E-state index in [0.717, 1.165) is 30.9 Å². The maximum atomic E-state index is 11.9. The van der Waals surface area contributed by atoms with Crippen molar-refractivity contribution in [3.8, 4) is 0 Å². The number of amides is 1. The van der Waals surface area contributed by atoms with Crippen LogP contribution < -0.4 is 4.90 Å². The lowest BCUT2D eigenvalue weighted by Crippen LogP contribution is -2.32. The molecule has 0 radical (unpaired) electrons. The Balaban J connectivity index is 2.03. The van der Waals surface area contributed by atoms with Gasteiger partial charge in [-0.1, -0.05) is 6.07 Å². The zero-order valence-electron chi connectivity index (χ0n) is 10.7. The number of pyridine rings is 1. The Hall–Kier alpha value is -1.58. The molecule has 2 heterocycles. The van der Waals surface area contributed by atoms with E-state index in [9.17, 15) is 4.79 Å². The summed E-state index contributed by atoms with van der Waals surface area (Å²) < 4.78 is 0. The molecular formula is C13H19N3O. The largest absolute Gasteiger partial charge is 0.356 e. The smallest absolute Gasteiger partial charge is 0.227 e. The molecular weight excluding hydrogens is 214 g/mol. The number of anilines is 1. The van der Waals surface area contributed by atoms with Crippen LogP contribution in [0, 0.1) is 12.8 Å². The van der Waals surface area contributed by atoms with Crippen LogP contribution in [0.5, 0.6) is 0 Å². The third-order valence-electron chi connectivity index (χ3n) is 3.20. The van der Waals surface area contributed by atoms with Crippen LogP contribution in [0.2, 0.25) is 0 Å². The van der Waals surface area contributed by atoms with Crippen LogP contribution in [0.15, 0.2) is 18.3 Å². The Morgan fingerprint density at radius 1 is 1.47 bits per heavy atom. The molecule has 17 heavy (non-hydrogen) atoms. The number of rotatable bonds is 2. The topological polar surface area (TPSA) is 36.4 Å². The number of hydrogen-bond acceptors (Lipinski definition) is 3. The highest BCUT2D eigenvalue weighted by Crippen LogP contribution is 2.23. The second kappa shape index (κ2) is 4.73. The van der Waals surface area contributed by atoms with Crippen LogP contribution >= 0.6 is 0 Å². The average Bonchev–Trinajstić information content (AvgIpc) is 2.78. The second-order valence-electron chi connectivity index (χ2n) is 4.86. The van der Waals surface area contributed by atoms with Crippen molar-refractivity contribution in [3.63, 3.8) is 0 Å². The molecule has 1 fully saturated rings. The van der Waals surface area contributed by atoms with Crippen LogP contribution in [0.1, 0.15) is 12.0 Å². The highest BCUT2D eigenvalue weighted by atomic mass is 16.2. The number of carbonyl (C=O) groups is 1. The number of nitrogens with zero attached hydrogens (tertiary/aromatic N) is 3. The summed E-state index contributed by atoms with van der Waals surface area (Å²) in [6.07, 6.45) is 2.79. The number of aromatic nitrogens is 1. The van der Waals surface area contributed by atoms with E-state index in [1.54, 1.807) is 4.90 Å². The first-order chi connectivity index (χ1) is 8.08. The van der Waals surface area contributed by atoms with Crippen molar-refractivity contribution in [3.05, 3.63) is 23.9 Å². The van der Waals surface area contributed by atoms with Crippen LogP contribution in [0.25, 0.3) is 0 Å². The Morgan fingerprint density at radius 3 is 2.82 bits per heavy atom. The molecule has 1 unspecified atom stereocenters. The van der Waals surface area contributed by atoms with Gasteiger partial charge in [0.1, 0.15) is 5.82 Å². The van der Waals surface area contributed by atoms with Crippen molar-refractivity contribution >= 4 is 11.7 Å². The van der Waals surface area contributed by atoms with Crippen LogP contribution in [-0.2, 0) is 4.79 Å². The first-order valence-electron chi connectivity index (χ1n) is 5.96. The number of aryl methyl sites for hydroxylation is 1. The summed E-state index contributed by atoms with van der Waals surface area (Å²) in [5.74, 6) is 1.32. The molecule has 2 rings (SSSR count). The molecule has 92 valence electrons. The van der Waals surface area contributed by atoms with E-state index >= 15 is 0 Å². The Bertz CT molecular complexity index is 400. The molecule has 0 saturated carbocycles. The molecule has 1 atom stereocenters. The first kappa shape index (κ1) is 11.9. The lowest BCUT2D eigenvalue weighted by Gasteiger charge is -2.19. The fourth-order valence-electron chi connectivity index (χ4n) is 2.18. The van der Waals surface area contributed by atoms with Gasteiger partial charge in [-0.25, -0.2) is 4.98 Å². The third-order valence-corrected chi connectivity index (χ3v) is 3.20. The van der Waals surface area contributed by atoms with Gasteiger partial charge in [0.2, 0.25) is 5.91 Å². The van der Waals surface area contributed by atoms with Crippen molar-refractivity contribution in [1.29, 1.82) is 0 Å². The number of carbonyl (C=O) groups excluding carboxylic acids is 1. The van der Waals surface area contributed by atoms with Gasteiger partial charge in [0.05, 0.1) is 5.92 Å². The van der Waals surface area contributed by atoms with E-state index in [4.69, 9.17) is 0 Å². The summed E-state index contributed by atoms with van der Waals surface area (Å²) in [6, 6.07) is 4.08. The van der Waals surface area contributed by atoms with E-state index in [0.29, 0.717) is 0 Å². The molecule has 4 heteroatoms. The van der Waals surface area contributed by atoms with Gasteiger partial charge in [0, 0.05) is 33.4 Å². The molecule has 1 aromatic rings. The van der Waals surface area contributed by atoms with Crippen molar-refractivity contribution in [2.75, 3.05) is 32.1 Å². The lowest BCUT2D eigenvalue weighted by molar-refractivity contribution is -0.132. The fourth-order valence-corrected chi connectivity index (χ4v) is 2.18. The van der Waals surface area contributed by atoms with E-state index in [1.807, 2.05) is 33.3 Å². The number of hydrogen-bond donors (Lipinski definition) is 0.